The maximum atomic E-state index is 10.9. The number of nitrogens with two attached hydrogens (primary N) is 1. The Balaban J connectivity index is 1.99. The lowest BCUT2D eigenvalue weighted by atomic mass is 9.95. The second-order valence-corrected chi connectivity index (χ2v) is 5.49. The first-order chi connectivity index (χ1) is 5.52. The molecule has 2 fully saturated rings. The zero-order valence-corrected chi connectivity index (χ0v) is 7.81. The third-order valence-electron chi connectivity index (χ3n) is 3.10. The van der Waals surface area contributed by atoms with Gasteiger partial charge in [0.05, 0.1) is 0 Å². The molecule has 2 aliphatic rings. The summed E-state index contributed by atoms with van der Waals surface area (Å²) in [5, 5.41) is 5.02. The van der Waals surface area contributed by atoms with Gasteiger partial charge in [-0.3, -0.25) is 0 Å². The molecule has 0 radical (unpaired) electrons. The van der Waals surface area contributed by atoms with Crippen molar-refractivity contribution in [1.29, 1.82) is 0 Å². The van der Waals surface area contributed by atoms with E-state index in [-0.39, 0.29) is 0 Å². The van der Waals surface area contributed by atoms with Gasteiger partial charge in [-0.1, -0.05) is 0 Å². The molecule has 0 atom stereocenters. The highest BCUT2D eigenvalue weighted by atomic mass is 32.2. The van der Waals surface area contributed by atoms with Crippen molar-refractivity contribution in [1.82, 2.24) is 4.31 Å². The van der Waals surface area contributed by atoms with Crippen molar-refractivity contribution in [3.63, 3.8) is 0 Å². The molecule has 12 heavy (non-hydrogen) atoms. The lowest BCUT2D eigenvalue weighted by Crippen LogP contribution is -2.42. The standard InChI is InChI=1S/C7H14N2O2S/c8-12(10,11)9-5-3-7(1-2-7)4-6-9/h1-6H2,(H2,8,10,11). The van der Waals surface area contributed by atoms with Crippen LogP contribution < -0.4 is 5.14 Å². The largest absolute Gasteiger partial charge is 0.276 e. The molecule has 1 saturated carbocycles. The lowest BCUT2D eigenvalue weighted by molar-refractivity contribution is 0.258. The number of rotatable bonds is 1. The zero-order valence-electron chi connectivity index (χ0n) is 6.99. The van der Waals surface area contributed by atoms with Gasteiger partial charge in [0.15, 0.2) is 0 Å². The molecule has 0 bridgehead atoms. The van der Waals surface area contributed by atoms with Crippen molar-refractivity contribution in [2.75, 3.05) is 13.1 Å². The van der Waals surface area contributed by atoms with E-state index < -0.39 is 10.2 Å². The Morgan fingerprint density at radius 2 is 1.58 bits per heavy atom. The molecule has 1 spiro atoms. The van der Waals surface area contributed by atoms with E-state index in [1.807, 2.05) is 0 Å². The molecule has 1 saturated heterocycles. The van der Waals surface area contributed by atoms with Crippen molar-refractivity contribution in [3.05, 3.63) is 0 Å². The average molecular weight is 190 g/mol. The highest BCUT2D eigenvalue weighted by Crippen LogP contribution is 2.53. The molecule has 4 nitrogen and oxygen atoms in total. The van der Waals surface area contributed by atoms with Crippen LogP contribution in [0.3, 0.4) is 0 Å². The maximum absolute atomic E-state index is 10.9. The molecule has 0 amide bonds. The average Bonchev–Trinajstić information content (AvgIpc) is 2.68. The fourth-order valence-electron chi connectivity index (χ4n) is 1.89. The molecular weight excluding hydrogens is 176 g/mol. The van der Waals surface area contributed by atoms with E-state index >= 15 is 0 Å². The third-order valence-corrected chi connectivity index (χ3v) is 4.18. The molecule has 1 heterocycles. The van der Waals surface area contributed by atoms with E-state index in [4.69, 9.17) is 5.14 Å². The van der Waals surface area contributed by atoms with Crippen molar-refractivity contribution in [2.45, 2.75) is 25.7 Å². The van der Waals surface area contributed by atoms with Crippen LogP contribution in [0.5, 0.6) is 0 Å². The summed E-state index contributed by atoms with van der Waals surface area (Å²) >= 11 is 0. The highest BCUT2D eigenvalue weighted by molar-refractivity contribution is 7.86. The molecular formula is C7H14N2O2S. The summed E-state index contributed by atoms with van der Waals surface area (Å²) < 4.78 is 23.2. The Morgan fingerprint density at radius 1 is 1.08 bits per heavy atom. The normalized spacial score (nSPS) is 29.1. The first kappa shape index (κ1) is 8.47. The molecule has 5 heteroatoms. The first-order valence-electron chi connectivity index (χ1n) is 4.30. The number of piperidine rings is 1. The quantitative estimate of drug-likeness (QED) is 0.635. The van der Waals surface area contributed by atoms with Crippen molar-refractivity contribution in [2.24, 2.45) is 10.6 Å². The Morgan fingerprint density at radius 3 is 1.92 bits per heavy atom. The van der Waals surface area contributed by atoms with Crippen molar-refractivity contribution < 1.29 is 8.42 Å². The SMILES string of the molecule is NS(=O)(=O)N1CCC2(CC1)CC2. The summed E-state index contributed by atoms with van der Waals surface area (Å²) in [5.74, 6) is 0. The van der Waals surface area contributed by atoms with Gasteiger partial charge in [0.25, 0.3) is 10.2 Å². The second kappa shape index (κ2) is 2.43. The van der Waals surface area contributed by atoms with Gasteiger partial charge in [-0.25, -0.2) is 5.14 Å². The van der Waals surface area contributed by atoms with Gasteiger partial charge in [-0.15, -0.1) is 0 Å². The fourth-order valence-corrected chi connectivity index (χ4v) is 2.58. The van der Waals surface area contributed by atoms with Gasteiger partial charge in [0, 0.05) is 13.1 Å². The number of hydrogen-bond donors (Lipinski definition) is 1. The van der Waals surface area contributed by atoms with Crippen LogP contribution >= 0.6 is 0 Å². The molecule has 0 aromatic heterocycles. The molecule has 2 N–H and O–H groups in total. The Kier molecular flexibility index (Phi) is 1.72. The topological polar surface area (TPSA) is 63.4 Å². The lowest BCUT2D eigenvalue weighted by Gasteiger charge is -2.29. The van der Waals surface area contributed by atoms with Crippen LogP contribution in [0.1, 0.15) is 25.7 Å². The molecule has 0 unspecified atom stereocenters. The Bertz CT molecular complexity index is 272. The van der Waals surface area contributed by atoms with Crippen LogP contribution in [0.15, 0.2) is 0 Å². The summed E-state index contributed by atoms with van der Waals surface area (Å²) in [7, 11) is -3.41. The van der Waals surface area contributed by atoms with Crippen LogP contribution in [0.25, 0.3) is 0 Å². The van der Waals surface area contributed by atoms with E-state index in [1.165, 1.54) is 17.1 Å². The summed E-state index contributed by atoms with van der Waals surface area (Å²) in [6.45, 7) is 1.25. The van der Waals surface area contributed by atoms with Gasteiger partial charge in [-0.05, 0) is 31.1 Å². The minimum atomic E-state index is -3.41. The van der Waals surface area contributed by atoms with Gasteiger partial charge in [0.1, 0.15) is 0 Å². The molecule has 1 aliphatic heterocycles. The third kappa shape index (κ3) is 1.48. The smallest absolute Gasteiger partial charge is 0.216 e. The fraction of sp³-hybridized carbons (Fsp3) is 1.00. The zero-order chi connectivity index (χ0) is 8.82. The summed E-state index contributed by atoms with van der Waals surface area (Å²) in [6, 6.07) is 0. The van der Waals surface area contributed by atoms with E-state index in [0.29, 0.717) is 18.5 Å². The predicted molar refractivity (Wildman–Crippen MR) is 45.6 cm³/mol. The van der Waals surface area contributed by atoms with Gasteiger partial charge in [-0.2, -0.15) is 12.7 Å². The van der Waals surface area contributed by atoms with Crippen molar-refractivity contribution in [3.8, 4) is 0 Å². The van der Waals surface area contributed by atoms with Gasteiger partial charge < -0.3 is 0 Å². The molecule has 0 aromatic rings. The Hall–Kier alpha value is -0.130. The van der Waals surface area contributed by atoms with E-state index in [2.05, 4.69) is 0 Å². The van der Waals surface area contributed by atoms with E-state index in [1.54, 1.807) is 0 Å². The summed E-state index contributed by atoms with van der Waals surface area (Å²) in [5.41, 5.74) is 0.515. The second-order valence-electron chi connectivity index (χ2n) is 3.94. The molecule has 70 valence electrons. The minimum Gasteiger partial charge on any atom is -0.216 e. The predicted octanol–water partition coefficient (Wildman–Crippen LogP) is 0.0659. The number of nitrogens with zero attached hydrogens (tertiary/aromatic N) is 1. The highest BCUT2D eigenvalue weighted by Gasteiger charge is 2.45. The summed E-state index contributed by atoms with van der Waals surface area (Å²) in [4.78, 5) is 0. The van der Waals surface area contributed by atoms with E-state index in [9.17, 15) is 8.42 Å². The first-order valence-corrected chi connectivity index (χ1v) is 5.80. The van der Waals surface area contributed by atoms with Crippen LogP contribution in [0, 0.1) is 5.41 Å². The monoisotopic (exact) mass is 190 g/mol. The van der Waals surface area contributed by atoms with Crippen LogP contribution in [-0.4, -0.2) is 25.8 Å². The molecule has 1 aliphatic carbocycles. The van der Waals surface area contributed by atoms with Crippen LogP contribution in [-0.2, 0) is 10.2 Å². The molecule has 2 rings (SSSR count). The molecule has 0 aromatic carbocycles. The van der Waals surface area contributed by atoms with E-state index in [0.717, 1.165) is 12.8 Å². The Labute approximate surface area is 72.9 Å². The van der Waals surface area contributed by atoms with Gasteiger partial charge >= 0.3 is 0 Å². The van der Waals surface area contributed by atoms with Crippen LogP contribution in [0.4, 0.5) is 0 Å². The van der Waals surface area contributed by atoms with Gasteiger partial charge in [0.2, 0.25) is 0 Å². The van der Waals surface area contributed by atoms with Crippen molar-refractivity contribution >= 4 is 10.2 Å². The minimum absolute atomic E-state index is 0.515. The maximum Gasteiger partial charge on any atom is 0.276 e. The number of hydrogen-bond acceptors (Lipinski definition) is 2. The summed E-state index contributed by atoms with van der Waals surface area (Å²) in [6.07, 6.45) is 4.57. The van der Waals surface area contributed by atoms with Crippen LogP contribution in [0.2, 0.25) is 0 Å².